The number of nitrogens with zero attached hydrogens (tertiary/aromatic N) is 2. The molecule has 1 aliphatic heterocycles. The van der Waals surface area contributed by atoms with Gasteiger partial charge in [0.05, 0.1) is 5.69 Å². The van der Waals surface area contributed by atoms with Crippen LogP contribution in [0, 0.1) is 6.92 Å². The van der Waals surface area contributed by atoms with Crippen LogP contribution in [0.25, 0.3) is 0 Å². The molecule has 0 amide bonds. The van der Waals surface area contributed by atoms with Crippen molar-refractivity contribution in [3.05, 3.63) is 29.6 Å². The van der Waals surface area contributed by atoms with Gasteiger partial charge in [0.2, 0.25) is 0 Å². The maximum absolute atomic E-state index is 4.57. The lowest BCUT2D eigenvalue weighted by Gasteiger charge is -2.39. The van der Waals surface area contributed by atoms with Gasteiger partial charge in [-0.25, -0.2) is 0 Å². The van der Waals surface area contributed by atoms with Gasteiger partial charge in [-0.15, -0.1) is 0 Å². The lowest BCUT2D eigenvalue weighted by Crippen LogP contribution is -2.49. The number of hydrogen-bond acceptors (Lipinski definition) is 3. The summed E-state index contributed by atoms with van der Waals surface area (Å²) in [6.07, 6.45) is 2.44. The Morgan fingerprint density at radius 1 is 1.35 bits per heavy atom. The molecular formula is C14H23N3. The number of pyridine rings is 1. The van der Waals surface area contributed by atoms with E-state index in [-0.39, 0.29) is 0 Å². The zero-order valence-corrected chi connectivity index (χ0v) is 11.2. The van der Waals surface area contributed by atoms with Crippen molar-refractivity contribution in [2.24, 2.45) is 0 Å². The standard InChI is InChI=1S/C14H23N3/c1-12-5-4-6-13(16-12)11-17-9-7-14(2,15-3)8-10-17/h4-6,15H,7-11H2,1-3H3. The van der Waals surface area contributed by atoms with Gasteiger partial charge in [0.25, 0.3) is 0 Å². The van der Waals surface area contributed by atoms with Gasteiger partial charge < -0.3 is 5.32 Å². The molecule has 0 atom stereocenters. The molecule has 1 aliphatic rings. The van der Waals surface area contributed by atoms with E-state index in [0.29, 0.717) is 5.54 Å². The molecular weight excluding hydrogens is 210 g/mol. The number of aromatic nitrogens is 1. The molecule has 3 heteroatoms. The van der Waals surface area contributed by atoms with E-state index in [1.165, 1.54) is 18.5 Å². The molecule has 3 nitrogen and oxygen atoms in total. The molecule has 1 N–H and O–H groups in total. The molecule has 0 unspecified atom stereocenters. The largest absolute Gasteiger partial charge is 0.314 e. The highest BCUT2D eigenvalue weighted by molar-refractivity contribution is 5.10. The quantitative estimate of drug-likeness (QED) is 0.865. The van der Waals surface area contributed by atoms with Crippen molar-refractivity contribution < 1.29 is 0 Å². The van der Waals surface area contributed by atoms with E-state index in [9.17, 15) is 0 Å². The monoisotopic (exact) mass is 233 g/mol. The van der Waals surface area contributed by atoms with E-state index in [1.807, 2.05) is 0 Å². The molecule has 0 saturated carbocycles. The number of rotatable bonds is 3. The average molecular weight is 233 g/mol. The van der Waals surface area contributed by atoms with Gasteiger partial charge >= 0.3 is 0 Å². The van der Waals surface area contributed by atoms with E-state index in [0.717, 1.165) is 25.3 Å². The number of piperidine rings is 1. The molecule has 94 valence electrons. The summed E-state index contributed by atoms with van der Waals surface area (Å²) >= 11 is 0. The SMILES string of the molecule is CNC1(C)CCN(Cc2cccc(C)n2)CC1. The Labute approximate surface area is 104 Å². The molecule has 0 spiro atoms. The van der Waals surface area contributed by atoms with Crippen LogP contribution in [-0.4, -0.2) is 35.6 Å². The lowest BCUT2D eigenvalue weighted by molar-refractivity contribution is 0.145. The van der Waals surface area contributed by atoms with Crippen LogP contribution in [0.2, 0.25) is 0 Å². The van der Waals surface area contributed by atoms with E-state index < -0.39 is 0 Å². The molecule has 0 radical (unpaired) electrons. The Morgan fingerprint density at radius 3 is 2.65 bits per heavy atom. The third kappa shape index (κ3) is 3.27. The summed E-state index contributed by atoms with van der Waals surface area (Å²) in [5.74, 6) is 0. The van der Waals surface area contributed by atoms with Gasteiger partial charge in [-0.3, -0.25) is 9.88 Å². The minimum absolute atomic E-state index is 0.330. The van der Waals surface area contributed by atoms with Gasteiger partial charge in [-0.05, 0) is 45.9 Å². The van der Waals surface area contributed by atoms with Crippen LogP contribution in [0.5, 0.6) is 0 Å². The van der Waals surface area contributed by atoms with Crippen LogP contribution in [0.3, 0.4) is 0 Å². The Kier molecular flexibility index (Phi) is 3.79. The first-order valence-electron chi connectivity index (χ1n) is 6.45. The first-order valence-corrected chi connectivity index (χ1v) is 6.45. The topological polar surface area (TPSA) is 28.2 Å². The van der Waals surface area contributed by atoms with Crippen molar-refractivity contribution in [3.63, 3.8) is 0 Å². The van der Waals surface area contributed by atoms with Crippen molar-refractivity contribution in [3.8, 4) is 0 Å². The van der Waals surface area contributed by atoms with E-state index >= 15 is 0 Å². The first kappa shape index (κ1) is 12.5. The van der Waals surface area contributed by atoms with Crippen molar-refractivity contribution in [1.29, 1.82) is 0 Å². The van der Waals surface area contributed by atoms with Crippen molar-refractivity contribution in [2.45, 2.75) is 38.8 Å². The van der Waals surface area contributed by atoms with E-state index in [2.05, 4.69) is 54.3 Å². The Hall–Kier alpha value is -0.930. The summed E-state index contributed by atoms with van der Waals surface area (Å²) in [7, 11) is 2.07. The second-order valence-corrected chi connectivity index (χ2v) is 5.36. The highest BCUT2D eigenvalue weighted by atomic mass is 15.2. The van der Waals surface area contributed by atoms with Crippen molar-refractivity contribution in [1.82, 2.24) is 15.2 Å². The fraction of sp³-hybridized carbons (Fsp3) is 0.643. The Morgan fingerprint density at radius 2 is 2.06 bits per heavy atom. The molecule has 1 saturated heterocycles. The predicted octanol–water partition coefficient (Wildman–Crippen LogP) is 1.96. The highest BCUT2D eigenvalue weighted by Crippen LogP contribution is 2.21. The first-order chi connectivity index (χ1) is 8.11. The molecule has 2 rings (SSSR count). The zero-order valence-electron chi connectivity index (χ0n) is 11.2. The van der Waals surface area contributed by atoms with Gasteiger partial charge in [-0.1, -0.05) is 6.07 Å². The highest BCUT2D eigenvalue weighted by Gasteiger charge is 2.28. The lowest BCUT2D eigenvalue weighted by atomic mass is 9.90. The summed E-state index contributed by atoms with van der Waals surface area (Å²) in [5, 5.41) is 3.43. The van der Waals surface area contributed by atoms with Crippen LogP contribution in [0.15, 0.2) is 18.2 Å². The van der Waals surface area contributed by atoms with Gasteiger partial charge in [0, 0.05) is 30.9 Å². The fourth-order valence-electron chi connectivity index (χ4n) is 2.37. The Bertz CT molecular complexity index is 367. The van der Waals surface area contributed by atoms with Gasteiger partial charge in [0.15, 0.2) is 0 Å². The van der Waals surface area contributed by atoms with E-state index in [1.54, 1.807) is 0 Å². The van der Waals surface area contributed by atoms with Crippen molar-refractivity contribution >= 4 is 0 Å². The molecule has 1 aromatic heterocycles. The summed E-state index contributed by atoms with van der Waals surface area (Å²) in [4.78, 5) is 7.07. The summed E-state index contributed by atoms with van der Waals surface area (Å²) in [5.41, 5.74) is 2.63. The average Bonchev–Trinajstić information content (AvgIpc) is 2.33. The van der Waals surface area contributed by atoms with Gasteiger partial charge in [0.1, 0.15) is 0 Å². The fourth-order valence-corrected chi connectivity index (χ4v) is 2.37. The zero-order chi connectivity index (χ0) is 12.3. The third-order valence-electron chi connectivity index (χ3n) is 3.89. The van der Waals surface area contributed by atoms with E-state index in [4.69, 9.17) is 0 Å². The van der Waals surface area contributed by atoms with Crippen LogP contribution in [-0.2, 0) is 6.54 Å². The Balaban J connectivity index is 1.90. The van der Waals surface area contributed by atoms with Crippen molar-refractivity contribution in [2.75, 3.05) is 20.1 Å². The molecule has 2 heterocycles. The second-order valence-electron chi connectivity index (χ2n) is 5.36. The minimum atomic E-state index is 0.330. The number of hydrogen-bond donors (Lipinski definition) is 1. The van der Waals surface area contributed by atoms with Crippen LogP contribution in [0.1, 0.15) is 31.2 Å². The molecule has 1 aromatic rings. The summed E-state index contributed by atoms with van der Waals surface area (Å²) in [6.45, 7) is 7.68. The van der Waals surface area contributed by atoms with Crippen LogP contribution >= 0.6 is 0 Å². The molecule has 17 heavy (non-hydrogen) atoms. The van der Waals surface area contributed by atoms with Crippen LogP contribution < -0.4 is 5.32 Å². The predicted molar refractivity (Wildman–Crippen MR) is 70.9 cm³/mol. The third-order valence-corrected chi connectivity index (χ3v) is 3.89. The van der Waals surface area contributed by atoms with Gasteiger partial charge in [-0.2, -0.15) is 0 Å². The summed E-state index contributed by atoms with van der Waals surface area (Å²) in [6, 6.07) is 6.27. The number of aryl methyl sites for hydroxylation is 1. The number of nitrogens with one attached hydrogen (secondary N) is 1. The molecule has 0 bridgehead atoms. The molecule has 0 aromatic carbocycles. The normalized spacial score (nSPS) is 20.4. The minimum Gasteiger partial charge on any atom is -0.314 e. The smallest absolute Gasteiger partial charge is 0.0547 e. The maximum atomic E-state index is 4.57. The summed E-state index contributed by atoms with van der Waals surface area (Å²) < 4.78 is 0. The number of likely N-dealkylation sites (tertiary alicyclic amines) is 1. The molecule has 0 aliphatic carbocycles. The second kappa shape index (κ2) is 5.15. The molecule has 1 fully saturated rings. The van der Waals surface area contributed by atoms with Crippen LogP contribution in [0.4, 0.5) is 0 Å². The maximum Gasteiger partial charge on any atom is 0.0547 e.